The van der Waals surface area contributed by atoms with Crippen molar-refractivity contribution in [3.05, 3.63) is 34.9 Å². The lowest BCUT2D eigenvalue weighted by Gasteiger charge is -2.37. The van der Waals surface area contributed by atoms with Gasteiger partial charge in [0.05, 0.1) is 12.3 Å². The largest absolute Gasteiger partial charge is 0.369 e. The van der Waals surface area contributed by atoms with Crippen LogP contribution in [0.1, 0.15) is 42.9 Å². The SMILES string of the molecule is C[C@H]1CC[C@H](C(N)=O)CN1C(=O)Cc1ccc2c(c1)CCC2. The van der Waals surface area contributed by atoms with E-state index in [2.05, 4.69) is 25.1 Å². The molecule has 1 aliphatic heterocycles. The van der Waals surface area contributed by atoms with E-state index in [1.165, 1.54) is 17.5 Å². The average molecular weight is 300 g/mol. The summed E-state index contributed by atoms with van der Waals surface area (Å²) in [7, 11) is 0. The van der Waals surface area contributed by atoms with E-state index in [9.17, 15) is 9.59 Å². The number of benzene rings is 1. The highest BCUT2D eigenvalue weighted by Crippen LogP contribution is 2.25. The van der Waals surface area contributed by atoms with Gasteiger partial charge in [-0.1, -0.05) is 18.2 Å². The number of carbonyl (C=O) groups excluding carboxylic acids is 2. The highest BCUT2D eigenvalue weighted by Gasteiger charge is 2.31. The molecule has 22 heavy (non-hydrogen) atoms. The summed E-state index contributed by atoms with van der Waals surface area (Å²) < 4.78 is 0. The second-order valence-electron chi connectivity index (χ2n) is 6.71. The second kappa shape index (κ2) is 6.11. The summed E-state index contributed by atoms with van der Waals surface area (Å²) in [6, 6.07) is 6.61. The average Bonchev–Trinajstić information content (AvgIpc) is 2.94. The summed E-state index contributed by atoms with van der Waals surface area (Å²) in [5.74, 6) is -0.376. The minimum Gasteiger partial charge on any atom is -0.369 e. The van der Waals surface area contributed by atoms with E-state index in [1.54, 1.807) is 0 Å². The smallest absolute Gasteiger partial charge is 0.227 e. The van der Waals surface area contributed by atoms with Gasteiger partial charge >= 0.3 is 0 Å². The molecule has 1 heterocycles. The van der Waals surface area contributed by atoms with Gasteiger partial charge in [-0.2, -0.15) is 0 Å². The predicted molar refractivity (Wildman–Crippen MR) is 85.3 cm³/mol. The first-order valence-electron chi connectivity index (χ1n) is 8.24. The van der Waals surface area contributed by atoms with E-state index in [0.29, 0.717) is 13.0 Å². The van der Waals surface area contributed by atoms with Gasteiger partial charge in [0.25, 0.3) is 0 Å². The van der Waals surface area contributed by atoms with Crippen molar-refractivity contribution in [3.63, 3.8) is 0 Å². The van der Waals surface area contributed by atoms with E-state index in [1.807, 2.05) is 4.90 Å². The maximum absolute atomic E-state index is 12.6. The number of hydrogen-bond acceptors (Lipinski definition) is 2. The van der Waals surface area contributed by atoms with Gasteiger partial charge in [0.1, 0.15) is 0 Å². The van der Waals surface area contributed by atoms with Crippen LogP contribution in [0.3, 0.4) is 0 Å². The first-order valence-corrected chi connectivity index (χ1v) is 8.24. The normalized spacial score (nSPS) is 24.1. The first kappa shape index (κ1) is 15.1. The van der Waals surface area contributed by atoms with Gasteiger partial charge in [-0.3, -0.25) is 9.59 Å². The Labute approximate surface area is 131 Å². The molecule has 0 spiro atoms. The van der Waals surface area contributed by atoms with Crippen LogP contribution in [0, 0.1) is 5.92 Å². The molecule has 0 bridgehead atoms. The lowest BCUT2D eigenvalue weighted by molar-refractivity contribution is -0.136. The van der Waals surface area contributed by atoms with Crippen molar-refractivity contribution < 1.29 is 9.59 Å². The summed E-state index contributed by atoms with van der Waals surface area (Å²) >= 11 is 0. The first-order chi connectivity index (χ1) is 10.5. The van der Waals surface area contributed by atoms with E-state index in [-0.39, 0.29) is 23.8 Å². The zero-order valence-corrected chi connectivity index (χ0v) is 13.2. The number of fused-ring (bicyclic) bond motifs is 1. The number of amides is 2. The molecule has 1 aromatic carbocycles. The van der Waals surface area contributed by atoms with Gasteiger partial charge in [0.2, 0.25) is 11.8 Å². The molecular formula is C18H24N2O2. The summed E-state index contributed by atoms with van der Waals surface area (Å²) in [6.45, 7) is 2.53. The monoisotopic (exact) mass is 300 g/mol. The van der Waals surface area contributed by atoms with E-state index in [4.69, 9.17) is 5.73 Å². The van der Waals surface area contributed by atoms with Crippen molar-refractivity contribution in [2.75, 3.05) is 6.54 Å². The van der Waals surface area contributed by atoms with Crippen LogP contribution in [0.5, 0.6) is 0 Å². The third-order valence-corrected chi connectivity index (χ3v) is 5.12. The molecule has 1 aromatic rings. The van der Waals surface area contributed by atoms with Crippen LogP contribution in [-0.2, 0) is 28.9 Å². The summed E-state index contributed by atoms with van der Waals surface area (Å²) in [5.41, 5.74) is 9.32. The second-order valence-corrected chi connectivity index (χ2v) is 6.71. The lowest BCUT2D eigenvalue weighted by Crippen LogP contribution is -2.49. The van der Waals surface area contributed by atoms with Crippen LogP contribution in [0.25, 0.3) is 0 Å². The number of nitrogens with two attached hydrogens (primary N) is 1. The van der Waals surface area contributed by atoms with Crippen molar-refractivity contribution in [2.24, 2.45) is 11.7 Å². The molecule has 1 aliphatic carbocycles. The van der Waals surface area contributed by atoms with Crippen LogP contribution in [-0.4, -0.2) is 29.3 Å². The molecule has 2 N–H and O–H groups in total. The van der Waals surface area contributed by atoms with Crippen LogP contribution < -0.4 is 5.73 Å². The molecule has 0 radical (unpaired) electrons. The molecule has 4 heteroatoms. The molecule has 3 rings (SSSR count). The van der Waals surface area contributed by atoms with Crippen molar-refractivity contribution in [3.8, 4) is 0 Å². The third-order valence-electron chi connectivity index (χ3n) is 5.12. The number of likely N-dealkylation sites (tertiary alicyclic amines) is 1. The number of aryl methyl sites for hydroxylation is 2. The van der Waals surface area contributed by atoms with Crippen LogP contribution in [0.4, 0.5) is 0 Å². The van der Waals surface area contributed by atoms with Crippen LogP contribution in [0.15, 0.2) is 18.2 Å². The molecule has 2 atom stereocenters. The number of rotatable bonds is 3. The Hall–Kier alpha value is -1.84. The highest BCUT2D eigenvalue weighted by molar-refractivity contribution is 5.81. The highest BCUT2D eigenvalue weighted by atomic mass is 16.2. The van der Waals surface area contributed by atoms with E-state index >= 15 is 0 Å². The van der Waals surface area contributed by atoms with Crippen molar-refractivity contribution >= 4 is 11.8 Å². The Kier molecular flexibility index (Phi) is 4.19. The standard InChI is InChI=1S/C18H24N2O2/c1-12-5-7-16(18(19)22)11-20(12)17(21)10-13-6-8-14-3-2-4-15(14)9-13/h6,8-9,12,16H,2-5,7,10-11H2,1H3,(H2,19,22)/t12-,16-/m0/s1. The van der Waals surface area contributed by atoms with Crippen LogP contribution >= 0.6 is 0 Å². The summed E-state index contributed by atoms with van der Waals surface area (Å²) in [6.07, 6.45) is 5.57. The maximum atomic E-state index is 12.6. The molecule has 118 valence electrons. The van der Waals surface area contributed by atoms with Gasteiger partial charge < -0.3 is 10.6 Å². The quantitative estimate of drug-likeness (QED) is 0.925. The van der Waals surface area contributed by atoms with Gasteiger partial charge in [0.15, 0.2) is 0 Å². The Morgan fingerprint density at radius 1 is 1.23 bits per heavy atom. The zero-order valence-electron chi connectivity index (χ0n) is 13.2. The molecule has 4 nitrogen and oxygen atoms in total. The molecular weight excluding hydrogens is 276 g/mol. The third kappa shape index (κ3) is 3.01. The molecule has 0 aromatic heterocycles. The Bertz CT molecular complexity index is 597. The fourth-order valence-corrected chi connectivity index (χ4v) is 3.70. The molecule has 1 saturated heterocycles. The van der Waals surface area contributed by atoms with Gasteiger partial charge in [0, 0.05) is 12.6 Å². The Morgan fingerprint density at radius 2 is 2.00 bits per heavy atom. The number of nitrogens with zero attached hydrogens (tertiary/aromatic N) is 1. The fraction of sp³-hybridized carbons (Fsp3) is 0.556. The number of piperidine rings is 1. The Balaban J connectivity index is 1.69. The number of carbonyl (C=O) groups is 2. The minimum atomic E-state index is -0.290. The van der Waals surface area contributed by atoms with Gasteiger partial charge in [-0.25, -0.2) is 0 Å². The van der Waals surface area contributed by atoms with Gasteiger partial charge in [-0.05, 0) is 55.7 Å². The molecule has 0 saturated carbocycles. The fourth-order valence-electron chi connectivity index (χ4n) is 3.70. The minimum absolute atomic E-state index is 0.108. The van der Waals surface area contributed by atoms with Crippen molar-refractivity contribution in [1.82, 2.24) is 4.90 Å². The lowest BCUT2D eigenvalue weighted by atomic mass is 9.92. The molecule has 2 amide bonds. The van der Waals surface area contributed by atoms with E-state index < -0.39 is 0 Å². The van der Waals surface area contributed by atoms with Crippen molar-refractivity contribution in [2.45, 2.75) is 51.5 Å². The predicted octanol–water partition coefficient (Wildman–Crippen LogP) is 1.83. The molecule has 2 aliphatic rings. The summed E-state index contributed by atoms with van der Waals surface area (Å²) in [4.78, 5) is 25.9. The zero-order chi connectivity index (χ0) is 15.7. The summed E-state index contributed by atoms with van der Waals surface area (Å²) in [5, 5.41) is 0. The number of hydrogen-bond donors (Lipinski definition) is 1. The number of primary amides is 1. The van der Waals surface area contributed by atoms with Crippen LogP contribution in [0.2, 0.25) is 0 Å². The topological polar surface area (TPSA) is 63.4 Å². The van der Waals surface area contributed by atoms with E-state index in [0.717, 1.165) is 31.2 Å². The van der Waals surface area contributed by atoms with Gasteiger partial charge in [-0.15, -0.1) is 0 Å². The maximum Gasteiger partial charge on any atom is 0.227 e. The molecule has 0 unspecified atom stereocenters. The van der Waals surface area contributed by atoms with Crippen molar-refractivity contribution in [1.29, 1.82) is 0 Å². The molecule has 1 fully saturated rings. The Morgan fingerprint density at radius 3 is 2.77 bits per heavy atom.